The minimum atomic E-state index is -1.19. The quantitative estimate of drug-likeness (QED) is 0.464. The fourth-order valence-electron chi connectivity index (χ4n) is 0.429. The van der Waals surface area contributed by atoms with E-state index in [2.05, 4.69) is 10.2 Å². The van der Waals surface area contributed by atoms with Crippen LogP contribution in [0, 0.1) is 0 Å². The molecule has 0 spiro atoms. The highest BCUT2D eigenvalue weighted by Crippen LogP contribution is 2.12. The zero-order valence-electron chi connectivity index (χ0n) is 4.96. The van der Waals surface area contributed by atoms with Crippen molar-refractivity contribution in [3.63, 3.8) is 0 Å². The van der Waals surface area contributed by atoms with E-state index in [4.69, 9.17) is 0 Å². The van der Waals surface area contributed by atoms with E-state index < -0.39 is 11.8 Å². The van der Waals surface area contributed by atoms with Crippen LogP contribution in [-0.2, 0) is 0 Å². The van der Waals surface area contributed by atoms with Crippen LogP contribution in [0.4, 0.5) is 8.78 Å². The zero-order chi connectivity index (χ0) is 7.40. The van der Waals surface area contributed by atoms with Crippen LogP contribution in [0.25, 0.3) is 0 Å². The number of hydrogen-bond donors (Lipinski definition) is 0. The molecule has 0 aromatic rings. The molecule has 1 aliphatic rings. The molecular weight excluding hydrogens is 138 g/mol. The Morgan fingerprint density at radius 3 is 2.80 bits per heavy atom. The molecule has 0 unspecified atom stereocenters. The van der Waals surface area contributed by atoms with Crippen molar-refractivity contribution in [2.24, 2.45) is 10.2 Å². The van der Waals surface area contributed by atoms with Gasteiger partial charge in [0.25, 0.3) is 5.95 Å². The van der Waals surface area contributed by atoms with E-state index >= 15 is 0 Å². The number of nitrogens with zero attached hydrogens (tertiary/aromatic N) is 2. The highest BCUT2D eigenvalue weighted by Gasteiger charge is 1.99. The van der Waals surface area contributed by atoms with Crippen molar-refractivity contribution in [2.75, 3.05) is 0 Å². The van der Waals surface area contributed by atoms with Crippen molar-refractivity contribution in [2.45, 2.75) is 0 Å². The second-order valence-corrected chi connectivity index (χ2v) is 1.55. The summed E-state index contributed by atoms with van der Waals surface area (Å²) < 4.78 is 24.4. The van der Waals surface area contributed by atoms with E-state index in [0.717, 1.165) is 6.08 Å². The van der Waals surface area contributed by atoms with Crippen molar-refractivity contribution in [1.82, 2.24) is 0 Å². The van der Waals surface area contributed by atoms with Gasteiger partial charge in [0.2, 0.25) is 0 Å². The first-order chi connectivity index (χ1) is 4.80. The van der Waals surface area contributed by atoms with E-state index in [1.165, 1.54) is 18.4 Å². The Morgan fingerprint density at radius 1 is 1.20 bits per heavy atom. The number of rotatable bonds is 0. The molecule has 0 N–H and O–H groups in total. The molecule has 0 radical (unpaired) electrons. The molecule has 2 nitrogen and oxygen atoms in total. The van der Waals surface area contributed by atoms with Gasteiger partial charge in [-0.15, -0.1) is 5.11 Å². The van der Waals surface area contributed by atoms with E-state index in [9.17, 15) is 8.78 Å². The van der Waals surface area contributed by atoms with E-state index in [1.54, 1.807) is 0 Å². The first-order valence-electron chi connectivity index (χ1n) is 2.60. The second kappa shape index (κ2) is 3.00. The fraction of sp³-hybridized carbons (Fsp3) is 0. The third-order valence-corrected chi connectivity index (χ3v) is 0.849. The van der Waals surface area contributed by atoms with Crippen molar-refractivity contribution in [1.29, 1.82) is 0 Å². The maximum Gasteiger partial charge on any atom is 0.268 e. The summed E-state index contributed by atoms with van der Waals surface area (Å²) in [5.41, 5.74) is 0. The first-order valence-corrected chi connectivity index (χ1v) is 2.60. The lowest BCUT2D eigenvalue weighted by molar-refractivity contribution is 0.538. The topological polar surface area (TPSA) is 24.7 Å². The van der Waals surface area contributed by atoms with Gasteiger partial charge >= 0.3 is 0 Å². The third-order valence-electron chi connectivity index (χ3n) is 0.849. The van der Waals surface area contributed by atoms with E-state index in [1.807, 2.05) is 0 Å². The second-order valence-electron chi connectivity index (χ2n) is 1.55. The summed E-state index contributed by atoms with van der Waals surface area (Å²) in [7, 11) is 0. The molecular formula is C6H4F2N2. The fourth-order valence-corrected chi connectivity index (χ4v) is 0.429. The van der Waals surface area contributed by atoms with Crippen molar-refractivity contribution in [3.8, 4) is 0 Å². The van der Waals surface area contributed by atoms with Gasteiger partial charge in [-0.2, -0.15) is 9.50 Å². The minimum Gasteiger partial charge on any atom is -0.202 e. The lowest BCUT2D eigenvalue weighted by atomic mass is 10.4. The van der Waals surface area contributed by atoms with E-state index in [0.29, 0.717) is 0 Å². The standard InChI is InChI=1S/C6H4F2N2/c7-5-3-1-2-4-9-10-6(5)8/h1-4H/b2-1?,3-1?,4-2-,5-3?,6-5?,9-4?,10-6?,10-9?. The Morgan fingerprint density at radius 2 is 2.00 bits per heavy atom. The maximum absolute atomic E-state index is 12.2. The lowest BCUT2D eigenvalue weighted by Gasteiger charge is -1.87. The van der Waals surface area contributed by atoms with Gasteiger partial charge in [-0.3, -0.25) is 0 Å². The van der Waals surface area contributed by atoms with Gasteiger partial charge in [0.15, 0.2) is 5.83 Å². The molecule has 0 aromatic carbocycles. The number of hydrogen-bond acceptors (Lipinski definition) is 2. The molecule has 0 aliphatic carbocycles. The van der Waals surface area contributed by atoms with Gasteiger partial charge in [0, 0.05) is 6.20 Å². The number of halogens is 2. The molecule has 1 rings (SSSR count). The average molecular weight is 142 g/mol. The number of azo groups is 1. The summed E-state index contributed by atoms with van der Waals surface area (Å²) in [5, 5.41) is 6.07. The summed E-state index contributed by atoms with van der Waals surface area (Å²) in [6.07, 6.45) is 5.04. The Kier molecular flexibility index (Phi) is 2.04. The SMILES string of the molecule is FC1=C(F)N=N/C=C\C=C1. The van der Waals surface area contributed by atoms with Gasteiger partial charge < -0.3 is 0 Å². The van der Waals surface area contributed by atoms with Crippen molar-refractivity contribution < 1.29 is 8.78 Å². The van der Waals surface area contributed by atoms with Gasteiger partial charge in [-0.1, -0.05) is 6.08 Å². The molecule has 0 saturated carbocycles. The van der Waals surface area contributed by atoms with Gasteiger partial charge in [-0.05, 0) is 12.2 Å². The molecule has 0 bridgehead atoms. The molecule has 4 heteroatoms. The van der Waals surface area contributed by atoms with Crippen LogP contribution >= 0.6 is 0 Å². The normalized spacial score (nSPS) is 20.6. The summed E-state index contributed by atoms with van der Waals surface area (Å²) in [4.78, 5) is 0. The predicted octanol–water partition coefficient (Wildman–Crippen LogP) is 2.63. The summed E-state index contributed by atoms with van der Waals surface area (Å²) >= 11 is 0. The highest BCUT2D eigenvalue weighted by molar-refractivity contribution is 5.19. The summed E-state index contributed by atoms with van der Waals surface area (Å²) in [6.45, 7) is 0. The molecule has 0 amide bonds. The minimum absolute atomic E-state index is 0.976. The Bertz CT molecular complexity index is 214. The summed E-state index contributed by atoms with van der Waals surface area (Å²) in [5.74, 6) is -2.20. The average Bonchev–Trinajstić information content (AvgIpc) is 1.92. The molecule has 0 aromatic heterocycles. The molecule has 52 valence electrons. The highest BCUT2D eigenvalue weighted by atomic mass is 19.2. The van der Waals surface area contributed by atoms with Crippen LogP contribution < -0.4 is 0 Å². The zero-order valence-corrected chi connectivity index (χ0v) is 4.96. The number of allylic oxidation sites excluding steroid dienone is 4. The third kappa shape index (κ3) is 1.58. The monoisotopic (exact) mass is 142 g/mol. The van der Waals surface area contributed by atoms with Crippen LogP contribution in [0.1, 0.15) is 0 Å². The first kappa shape index (κ1) is 6.80. The molecule has 0 saturated heterocycles. The van der Waals surface area contributed by atoms with Gasteiger partial charge in [0.05, 0.1) is 0 Å². The van der Waals surface area contributed by atoms with Crippen LogP contribution in [0.3, 0.4) is 0 Å². The summed E-state index contributed by atoms with van der Waals surface area (Å²) in [6, 6.07) is 0. The van der Waals surface area contributed by atoms with Crippen LogP contribution in [0.2, 0.25) is 0 Å². The Labute approximate surface area is 56.3 Å². The van der Waals surface area contributed by atoms with Gasteiger partial charge in [0.1, 0.15) is 0 Å². The maximum atomic E-state index is 12.2. The predicted molar refractivity (Wildman–Crippen MR) is 32.4 cm³/mol. The van der Waals surface area contributed by atoms with E-state index in [-0.39, 0.29) is 0 Å². The Hall–Kier alpha value is -1.32. The molecule has 1 aliphatic heterocycles. The largest absolute Gasteiger partial charge is 0.268 e. The molecule has 0 atom stereocenters. The molecule has 0 fully saturated rings. The molecule has 10 heavy (non-hydrogen) atoms. The van der Waals surface area contributed by atoms with Crippen LogP contribution in [0.5, 0.6) is 0 Å². The molecule has 1 heterocycles. The van der Waals surface area contributed by atoms with Crippen molar-refractivity contribution >= 4 is 0 Å². The van der Waals surface area contributed by atoms with Gasteiger partial charge in [-0.25, -0.2) is 4.39 Å². The van der Waals surface area contributed by atoms with Crippen LogP contribution in [0.15, 0.2) is 46.4 Å². The Balaban J connectivity index is 2.93. The van der Waals surface area contributed by atoms with Crippen molar-refractivity contribution in [3.05, 3.63) is 36.2 Å². The van der Waals surface area contributed by atoms with Crippen LogP contribution in [-0.4, -0.2) is 0 Å². The smallest absolute Gasteiger partial charge is 0.202 e. The lowest BCUT2D eigenvalue weighted by Crippen LogP contribution is -1.72.